The van der Waals surface area contributed by atoms with Gasteiger partial charge in [-0.05, 0) is 30.2 Å². The van der Waals surface area contributed by atoms with Crippen LogP contribution in [0, 0.1) is 0 Å². The summed E-state index contributed by atoms with van der Waals surface area (Å²) in [6.45, 7) is -0.545. The number of hydrogen-bond donors (Lipinski definition) is 2. The first-order valence-corrected chi connectivity index (χ1v) is 8.55. The molecule has 0 bridgehead atoms. The molecule has 0 heterocycles. The highest BCUT2D eigenvalue weighted by atomic mass is 16.5. The first-order valence-electron chi connectivity index (χ1n) is 8.55. The molecule has 2 aromatic rings. The van der Waals surface area contributed by atoms with Crippen molar-refractivity contribution in [3.05, 3.63) is 54.1 Å². The van der Waals surface area contributed by atoms with Crippen molar-refractivity contribution < 1.29 is 28.6 Å². The Morgan fingerprint density at radius 3 is 2.36 bits per heavy atom. The van der Waals surface area contributed by atoms with Gasteiger partial charge < -0.3 is 19.5 Å². The van der Waals surface area contributed by atoms with Crippen LogP contribution in [0.3, 0.4) is 0 Å². The standard InChI is InChI=1S/C20H22N2O6/c1-26-16-10-6-7-14(19(16)27-2)11-12-18(24)28-13-17(23)22-20(25)21-15-8-4-3-5-9-15/h3-10H,11-13H2,1-2H3,(H2,21,22,23,25). The van der Waals surface area contributed by atoms with E-state index in [-0.39, 0.29) is 6.42 Å². The Morgan fingerprint density at radius 1 is 0.929 bits per heavy atom. The quantitative estimate of drug-likeness (QED) is 0.676. The molecule has 2 aromatic carbocycles. The van der Waals surface area contributed by atoms with Crippen molar-refractivity contribution >= 4 is 23.6 Å². The van der Waals surface area contributed by atoms with Gasteiger partial charge in [0.2, 0.25) is 0 Å². The van der Waals surface area contributed by atoms with Crippen LogP contribution in [-0.2, 0) is 20.7 Å². The molecule has 0 radical (unpaired) electrons. The number of nitrogens with one attached hydrogen (secondary N) is 2. The van der Waals surface area contributed by atoms with Gasteiger partial charge in [0.1, 0.15) is 0 Å². The van der Waals surface area contributed by atoms with Crippen molar-refractivity contribution in [1.82, 2.24) is 5.32 Å². The molecule has 2 N–H and O–H groups in total. The van der Waals surface area contributed by atoms with E-state index in [2.05, 4.69) is 10.6 Å². The maximum absolute atomic E-state index is 11.9. The van der Waals surface area contributed by atoms with E-state index < -0.39 is 24.5 Å². The minimum Gasteiger partial charge on any atom is -0.493 e. The van der Waals surface area contributed by atoms with E-state index in [9.17, 15) is 14.4 Å². The molecule has 3 amide bonds. The van der Waals surface area contributed by atoms with Gasteiger partial charge in [-0.1, -0.05) is 30.3 Å². The van der Waals surface area contributed by atoms with Crippen LogP contribution in [0.1, 0.15) is 12.0 Å². The number of methoxy groups -OCH3 is 2. The highest BCUT2D eigenvalue weighted by molar-refractivity contribution is 6.01. The topological polar surface area (TPSA) is 103 Å². The van der Waals surface area contributed by atoms with Crippen molar-refractivity contribution in [3.8, 4) is 11.5 Å². The Labute approximate surface area is 162 Å². The summed E-state index contributed by atoms with van der Waals surface area (Å²) in [7, 11) is 3.05. The minimum absolute atomic E-state index is 0.0486. The molecule has 0 unspecified atom stereocenters. The Hall–Kier alpha value is -3.55. The van der Waals surface area contributed by atoms with Crippen LogP contribution in [0.4, 0.5) is 10.5 Å². The second-order valence-electron chi connectivity index (χ2n) is 5.68. The maximum atomic E-state index is 11.9. The molecule has 2 rings (SSSR count). The number of esters is 1. The zero-order valence-corrected chi connectivity index (χ0v) is 15.7. The fraction of sp³-hybridized carbons (Fsp3) is 0.250. The number of anilines is 1. The number of benzene rings is 2. The molecular weight excluding hydrogens is 364 g/mol. The van der Waals surface area contributed by atoms with Crippen LogP contribution < -0.4 is 20.1 Å². The smallest absolute Gasteiger partial charge is 0.325 e. The summed E-state index contributed by atoms with van der Waals surface area (Å²) in [5, 5.41) is 4.58. The molecule has 0 aliphatic heterocycles. The third-order valence-corrected chi connectivity index (χ3v) is 3.73. The molecule has 0 saturated carbocycles. The molecule has 8 heteroatoms. The van der Waals surface area contributed by atoms with Gasteiger partial charge in [-0.2, -0.15) is 0 Å². The summed E-state index contributed by atoms with van der Waals surface area (Å²) in [6, 6.07) is 13.3. The molecule has 0 atom stereocenters. The van der Waals surface area contributed by atoms with Gasteiger partial charge in [0.05, 0.1) is 14.2 Å². The fourth-order valence-corrected chi connectivity index (χ4v) is 2.45. The molecule has 28 heavy (non-hydrogen) atoms. The Balaban J connectivity index is 1.75. The van der Waals surface area contributed by atoms with Crippen molar-refractivity contribution in [1.29, 1.82) is 0 Å². The minimum atomic E-state index is -0.722. The Kier molecular flexibility index (Phi) is 7.83. The maximum Gasteiger partial charge on any atom is 0.325 e. The van der Waals surface area contributed by atoms with Crippen LogP contribution in [-0.4, -0.2) is 38.7 Å². The molecule has 0 fully saturated rings. The average molecular weight is 386 g/mol. The molecule has 148 valence electrons. The number of aryl methyl sites for hydroxylation is 1. The van der Waals surface area contributed by atoms with Crippen LogP contribution in [0.25, 0.3) is 0 Å². The van der Waals surface area contributed by atoms with Crippen molar-refractivity contribution in [3.63, 3.8) is 0 Å². The number of amides is 3. The molecule has 8 nitrogen and oxygen atoms in total. The lowest BCUT2D eigenvalue weighted by molar-refractivity contribution is -0.148. The molecule has 0 spiro atoms. The highest BCUT2D eigenvalue weighted by Gasteiger charge is 2.14. The number of ether oxygens (including phenoxy) is 3. The van der Waals surface area contributed by atoms with E-state index in [1.165, 1.54) is 14.2 Å². The van der Waals surface area contributed by atoms with Gasteiger partial charge in [0.25, 0.3) is 5.91 Å². The predicted octanol–water partition coefficient (Wildman–Crippen LogP) is 2.53. The third kappa shape index (κ3) is 6.31. The van der Waals surface area contributed by atoms with Gasteiger partial charge in [-0.25, -0.2) is 4.79 Å². The third-order valence-electron chi connectivity index (χ3n) is 3.73. The Bertz CT molecular complexity index is 823. The SMILES string of the molecule is COc1cccc(CCC(=O)OCC(=O)NC(=O)Nc2ccccc2)c1OC. The number of carbonyl (C=O) groups excluding carboxylic acids is 3. The largest absolute Gasteiger partial charge is 0.493 e. The van der Waals surface area contributed by atoms with E-state index >= 15 is 0 Å². The zero-order chi connectivity index (χ0) is 20.4. The lowest BCUT2D eigenvalue weighted by atomic mass is 10.1. The lowest BCUT2D eigenvalue weighted by Gasteiger charge is -2.12. The highest BCUT2D eigenvalue weighted by Crippen LogP contribution is 2.31. The van der Waals surface area contributed by atoms with Crippen LogP contribution >= 0.6 is 0 Å². The van der Waals surface area contributed by atoms with Crippen LogP contribution in [0.2, 0.25) is 0 Å². The van der Waals surface area contributed by atoms with E-state index in [0.717, 1.165) is 5.56 Å². The summed E-state index contributed by atoms with van der Waals surface area (Å²) in [6.07, 6.45) is 0.405. The van der Waals surface area contributed by atoms with E-state index in [4.69, 9.17) is 14.2 Å². The van der Waals surface area contributed by atoms with Gasteiger partial charge in [0.15, 0.2) is 18.1 Å². The molecule has 0 aliphatic rings. The lowest BCUT2D eigenvalue weighted by Crippen LogP contribution is -2.37. The number of imide groups is 1. The van der Waals surface area contributed by atoms with Crippen molar-refractivity contribution in [2.24, 2.45) is 0 Å². The molecule has 0 aromatic heterocycles. The number of para-hydroxylation sites is 2. The van der Waals surface area contributed by atoms with Crippen LogP contribution in [0.5, 0.6) is 11.5 Å². The second kappa shape index (κ2) is 10.6. The molecule has 0 aliphatic carbocycles. The normalized spacial score (nSPS) is 9.93. The monoisotopic (exact) mass is 386 g/mol. The molecule has 0 saturated heterocycles. The van der Waals surface area contributed by atoms with Gasteiger partial charge in [0, 0.05) is 12.1 Å². The Morgan fingerprint density at radius 2 is 1.68 bits per heavy atom. The van der Waals surface area contributed by atoms with Gasteiger partial charge in [-0.3, -0.25) is 14.9 Å². The van der Waals surface area contributed by atoms with E-state index in [1.54, 1.807) is 42.5 Å². The van der Waals surface area contributed by atoms with Crippen molar-refractivity contribution in [2.75, 3.05) is 26.1 Å². The predicted molar refractivity (Wildman–Crippen MR) is 102 cm³/mol. The number of rotatable bonds is 8. The van der Waals surface area contributed by atoms with E-state index in [1.807, 2.05) is 6.07 Å². The number of carbonyl (C=O) groups is 3. The first-order chi connectivity index (χ1) is 13.5. The fourth-order valence-electron chi connectivity index (χ4n) is 2.45. The summed E-state index contributed by atoms with van der Waals surface area (Å²) >= 11 is 0. The first kappa shape index (κ1) is 20.8. The average Bonchev–Trinajstić information content (AvgIpc) is 2.70. The molecular formula is C20H22N2O6. The van der Waals surface area contributed by atoms with Crippen molar-refractivity contribution in [2.45, 2.75) is 12.8 Å². The van der Waals surface area contributed by atoms with Crippen LogP contribution in [0.15, 0.2) is 48.5 Å². The number of hydrogen-bond acceptors (Lipinski definition) is 6. The summed E-state index contributed by atoms with van der Waals surface area (Å²) < 4.78 is 15.4. The van der Waals surface area contributed by atoms with Gasteiger partial charge >= 0.3 is 12.0 Å². The number of urea groups is 1. The summed E-state index contributed by atoms with van der Waals surface area (Å²) in [4.78, 5) is 35.3. The van der Waals surface area contributed by atoms with Gasteiger partial charge in [-0.15, -0.1) is 0 Å². The summed E-state index contributed by atoms with van der Waals surface area (Å²) in [5.41, 5.74) is 1.32. The van der Waals surface area contributed by atoms with E-state index in [0.29, 0.717) is 23.6 Å². The second-order valence-corrected chi connectivity index (χ2v) is 5.68. The summed E-state index contributed by atoms with van der Waals surface area (Å²) in [5.74, 6) is -0.172. The zero-order valence-electron chi connectivity index (χ0n) is 15.7.